The van der Waals surface area contributed by atoms with Crippen molar-refractivity contribution in [3.05, 3.63) is 0 Å². The standard InChI is InChI=1S/C72H140O17P2/c1-9-63(6)49-41-33-24-20-16-14-12-13-15-17-23-27-38-46-54-71(76)88-67(59-83-70(75)53-45-37-31-29-35-43-51-65(8)11-3)60-86-90(78,79)84-56-66(73)57-85-91(80,81)87-61-68(89-72(77)55-47-39-30-28-32-40-48-62(4)5)58-82-69(74)52-44-36-26-22-19-18-21-25-34-42-50-64(7)10-2/h62-68,73H,9-61H2,1-8H3,(H,78,79)(H,80,81)/t63?,64?,65?,66-,67+,68+/m0/s1. The van der Waals surface area contributed by atoms with Gasteiger partial charge in [0.05, 0.1) is 26.4 Å². The molecule has 0 aliphatic rings. The molecule has 17 nitrogen and oxygen atoms in total. The van der Waals surface area contributed by atoms with Crippen LogP contribution >= 0.6 is 15.6 Å². The van der Waals surface area contributed by atoms with Crippen LogP contribution < -0.4 is 0 Å². The second-order valence-electron chi connectivity index (χ2n) is 27.2. The second-order valence-corrected chi connectivity index (χ2v) is 30.1. The maximum atomic E-state index is 13.0. The molecular formula is C72H140O17P2. The fourth-order valence-electron chi connectivity index (χ4n) is 10.7. The van der Waals surface area contributed by atoms with Crippen LogP contribution in [0.1, 0.15) is 357 Å². The minimum absolute atomic E-state index is 0.101. The number of aliphatic hydroxyl groups excluding tert-OH is 1. The predicted molar refractivity (Wildman–Crippen MR) is 367 cm³/mol. The van der Waals surface area contributed by atoms with Gasteiger partial charge in [0.2, 0.25) is 0 Å². The van der Waals surface area contributed by atoms with E-state index in [1.165, 1.54) is 154 Å². The molecule has 0 aromatic rings. The third kappa shape index (κ3) is 62.6. The highest BCUT2D eigenvalue weighted by Crippen LogP contribution is 2.45. The van der Waals surface area contributed by atoms with Crippen LogP contribution in [0, 0.1) is 23.7 Å². The van der Waals surface area contributed by atoms with Crippen LogP contribution in [0.15, 0.2) is 0 Å². The third-order valence-electron chi connectivity index (χ3n) is 17.7. The van der Waals surface area contributed by atoms with E-state index < -0.39 is 97.5 Å². The Balaban J connectivity index is 5.20. The van der Waals surface area contributed by atoms with Gasteiger partial charge >= 0.3 is 39.5 Å². The van der Waals surface area contributed by atoms with Gasteiger partial charge in [0, 0.05) is 25.7 Å². The van der Waals surface area contributed by atoms with Gasteiger partial charge in [-0.05, 0) is 49.4 Å². The normalized spacial score (nSPS) is 15.1. The summed E-state index contributed by atoms with van der Waals surface area (Å²) in [5, 5.41) is 10.6. The summed E-state index contributed by atoms with van der Waals surface area (Å²) in [7, 11) is -9.90. The van der Waals surface area contributed by atoms with Crippen LogP contribution in [0.3, 0.4) is 0 Å². The molecule has 8 atom stereocenters. The van der Waals surface area contributed by atoms with Crippen molar-refractivity contribution >= 4 is 39.5 Å². The first-order chi connectivity index (χ1) is 43.7. The lowest BCUT2D eigenvalue weighted by atomic mass is 9.99. The number of aliphatic hydroxyl groups is 1. The molecule has 0 saturated heterocycles. The molecule has 0 bridgehead atoms. The second kappa shape index (κ2) is 61.6. The summed E-state index contributed by atoms with van der Waals surface area (Å²) < 4.78 is 68.3. The number of carbonyl (C=O) groups is 4. The molecule has 0 aromatic heterocycles. The molecular weight excluding hydrogens is 1200 g/mol. The highest BCUT2D eigenvalue weighted by atomic mass is 31.2. The average Bonchev–Trinajstić information content (AvgIpc) is 3.52. The summed E-state index contributed by atoms with van der Waals surface area (Å²) in [6.45, 7) is 14.1. The molecule has 540 valence electrons. The highest BCUT2D eigenvalue weighted by Gasteiger charge is 2.30. The van der Waals surface area contributed by atoms with Gasteiger partial charge in [-0.25, -0.2) is 9.13 Å². The number of phosphoric ester groups is 2. The summed E-state index contributed by atoms with van der Waals surface area (Å²) >= 11 is 0. The molecule has 0 amide bonds. The quantitative estimate of drug-likeness (QED) is 0.0222. The van der Waals surface area contributed by atoms with Crippen LogP contribution in [0.4, 0.5) is 0 Å². The molecule has 0 spiro atoms. The van der Waals surface area contributed by atoms with Gasteiger partial charge in [-0.1, -0.05) is 306 Å². The molecule has 0 saturated carbocycles. The van der Waals surface area contributed by atoms with Gasteiger partial charge in [-0.15, -0.1) is 0 Å². The summed E-state index contributed by atoms with van der Waals surface area (Å²) in [6.07, 6.45) is 44.5. The Morgan fingerprint density at radius 2 is 0.527 bits per heavy atom. The molecule has 0 rings (SSSR count). The van der Waals surface area contributed by atoms with Crippen LogP contribution in [0.25, 0.3) is 0 Å². The molecule has 19 heteroatoms. The Hall–Kier alpha value is -1.94. The topological polar surface area (TPSA) is 237 Å². The first-order valence-electron chi connectivity index (χ1n) is 37.3. The number of phosphoric acid groups is 2. The number of unbranched alkanes of at least 4 members (excludes halogenated alkanes) is 32. The van der Waals surface area contributed by atoms with Crippen LogP contribution in [0.5, 0.6) is 0 Å². The maximum Gasteiger partial charge on any atom is 0.472 e. The summed E-state index contributed by atoms with van der Waals surface area (Å²) in [6, 6.07) is 0. The first kappa shape index (κ1) is 89.1. The van der Waals surface area contributed by atoms with E-state index in [2.05, 4.69) is 55.4 Å². The van der Waals surface area contributed by atoms with E-state index >= 15 is 0 Å². The zero-order chi connectivity index (χ0) is 67.5. The zero-order valence-corrected chi connectivity index (χ0v) is 61.3. The lowest BCUT2D eigenvalue weighted by molar-refractivity contribution is -0.161. The molecule has 91 heavy (non-hydrogen) atoms. The monoisotopic (exact) mass is 1340 g/mol. The van der Waals surface area contributed by atoms with Crippen LogP contribution in [-0.4, -0.2) is 96.7 Å². The maximum absolute atomic E-state index is 13.0. The van der Waals surface area contributed by atoms with Gasteiger partial charge in [-0.2, -0.15) is 0 Å². The minimum Gasteiger partial charge on any atom is -0.462 e. The molecule has 0 aromatic carbocycles. The average molecular weight is 1340 g/mol. The number of esters is 4. The van der Waals surface area contributed by atoms with Crippen molar-refractivity contribution in [2.24, 2.45) is 23.7 Å². The van der Waals surface area contributed by atoms with Gasteiger partial charge in [-0.3, -0.25) is 37.3 Å². The largest absolute Gasteiger partial charge is 0.472 e. The molecule has 0 aliphatic carbocycles. The Kier molecular flexibility index (Phi) is 60.3. The molecule has 0 radical (unpaired) electrons. The fraction of sp³-hybridized carbons (Fsp3) is 0.944. The summed E-state index contributed by atoms with van der Waals surface area (Å²) in [5.41, 5.74) is 0. The van der Waals surface area contributed by atoms with E-state index in [0.717, 1.165) is 114 Å². The first-order valence-corrected chi connectivity index (χ1v) is 40.3. The number of rotatable bonds is 69. The van der Waals surface area contributed by atoms with Crippen molar-refractivity contribution in [2.75, 3.05) is 39.6 Å². The lowest BCUT2D eigenvalue weighted by Crippen LogP contribution is -2.30. The Labute approximate surface area is 556 Å². The Morgan fingerprint density at radius 1 is 0.308 bits per heavy atom. The number of hydrogen-bond acceptors (Lipinski definition) is 15. The van der Waals surface area contributed by atoms with Gasteiger partial charge in [0.15, 0.2) is 12.2 Å². The SMILES string of the molecule is CCC(C)CCCCCCCCCCCCCCCCC(=O)O[C@H](COC(=O)CCCCCCCCC(C)CC)COP(=O)(O)OC[C@H](O)COP(=O)(O)OC[C@@H](COC(=O)CCCCCCCCCCCCC(C)CC)OC(=O)CCCCCCCCC(C)C. The van der Waals surface area contributed by atoms with Crippen molar-refractivity contribution in [3.63, 3.8) is 0 Å². The summed E-state index contributed by atoms with van der Waals surface area (Å²) in [5.74, 6) is 0.924. The number of carbonyl (C=O) groups excluding carboxylic acids is 4. The van der Waals surface area contributed by atoms with E-state index in [9.17, 15) is 43.2 Å². The lowest BCUT2D eigenvalue weighted by Gasteiger charge is -2.21. The molecule has 0 heterocycles. The van der Waals surface area contributed by atoms with Crippen LogP contribution in [-0.2, 0) is 65.4 Å². The zero-order valence-electron chi connectivity index (χ0n) is 59.5. The minimum atomic E-state index is -4.95. The van der Waals surface area contributed by atoms with Gasteiger partial charge < -0.3 is 33.8 Å². The van der Waals surface area contributed by atoms with Crippen molar-refractivity contribution < 1.29 is 80.2 Å². The van der Waals surface area contributed by atoms with Crippen molar-refractivity contribution in [1.82, 2.24) is 0 Å². The third-order valence-corrected chi connectivity index (χ3v) is 19.6. The Bertz CT molecular complexity index is 1800. The van der Waals surface area contributed by atoms with Gasteiger partial charge in [0.1, 0.15) is 19.3 Å². The van der Waals surface area contributed by atoms with E-state index in [1.54, 1.807) is 0 Å². The van der Waals surface area contributed by atoms with Crippen molar-refractivity contribution in [1.29, 1.82) is 0 Å². The Morgan fingerprint density at radius 3 is 0.780 bits per heavy atom. The van der Waals surface area contributed by atoms with Crippen molar-refractivity contribution in [2.45, 2.75) is 375 Å². The molecule has 0 aliphatic heterocycles. The number of hydrogen-bond donors (Lipinski definition) is 3. The highest BCUT2D eigenvalue weighted by molar-refractivity contribution is 7.47. The number of ether oxygens (including phenoxy) is 4. The smallest absolute Gasteiger partial charge is 0.462 e. The van der Waals surface area contributed by atoms with E-state index in [0.29, 0.717) is 31.6 Å². The van der Waals surface area contributed by atoms with E-state index in [1.807, 2.05) is 0 Å². The van der Waals surface area contributed by atoms with E-state index in [-0.39, 0.29) is 25.7 Å². The van der Waals surface area contributed by atoms with Crippen molar-refractivity contribution in [3.8, 4) is 0 Å². The predicted octanol–water partition coefficient (Wildman–Crippen LogP) is 20.5. The molecule has 5 unspecified atom stereocenters. The molecule has 3 N–H and O–H groups in total. The van der Waals surface area contributed by atoms with Gasteiger partial charge in [0.25, 0.3) is 0 Å². The van der Waals surface area contributed by atoms with Crippen LogP contribution in [0.2, 0.25) is 0 Å². The molecule has 0 fully saturated rings. The van der Waals surface area contributed by atoms with E-state index in [4.69, 9.17) is 37.0 Å². The summed E-state index contributed by atoms with van der Waals surface area (Å²) in [4.78, 5) is 72.6. The fourth-order valence-corrected chi connectivity index (χ4v) is 12.3.